The van der Waals surface area contributed by atoms with Crippen LogP contribution < -0.4 is 0 Å². The van der Waals surface area contributed by atoms with Crippen LogP contribution in [0.5, 0.6) is 0 Å². The van der Waals surface area contributed by atoms with E-state index >= 15 is 0 Å². The number of hydrogen-bond acceptors (Lipinski definition) is 4. The molecular formula is C6H5Br2N3O3. The van der Waals surface area contributed by atoms with E-state index in [0.29, 0.717) is 0 Å². The van der Waals surface area contributed by atoms with Crippen LogP contribution in [0.1, 0.15) is 6.23 Å². The first-order chi connectivity index (χ1) is 6.49. The summed E-state index contributed by atoms with van der Waals surface area (Å²) in [5, 5.41) is 23.6. The molecule has 0 saturated heterocycles. The maximum atomic E-state index is 10.6. The van der Waals surface area contributed by atoms with Gasteiger partial charge in [-0.1, -0.05) is 6.58 Å². The Balaban J connectivity index is 3.30. The lowest BCUT2D eigenvalue weighted by molar-refractivity contribution is -0.386. The van der Waals surface area contributed by atoms with Crippen molar-refractivity contribution in [3.63, 3.8) is 0 Å². The standard InChI is InChI=1S/C6H5Br2N3O3/c1-2-3(12)10-6(8)4(11(13)14)5(7)9-10/h2-3,12H,1H2. The summed E-state index contributed by atoms with van der Waals surface area (Å²) in [6.07, 6.45) is 0.0999. The maximum Gasteiger partial charge on any atom is 0.335 e. The second-order valence-electron chi connectivity index (χ2n) is 2.28. The minimum absolute atomic E-state index is 0.0512. The number of aromatic nitrogens is 2. The first-order valence-corrected chi connectivity index (χ1v) is 4.96. The molecule has 6 nitrogen and oxygen atoms in total. The van der Waals surface area contributed by atoms with Gasteiger partial charge in [-0.2, -0.15) is 5.10 Å². The van der Waals surface area contributed by atoms with Gasteiger partial charge < -0.3 is 5.11 Å². The van der Waals surface area contributed by atoms with Crippen molar-refractivity contribution in [2.45, 2.75) is 6.23 Å². The average Bonchev–Trinajstić information content (AvgIpc) is 2.40. The second-order valence-corrected chi connectivity index (χ2v) is 3.78. The molecule has 14 heavy (non-hydrogen) atoms. The largest absolute Gasteiger partial charge is 0.368 e. The van der Waals surface area contributed by atoms with Crippen LogP contribution >= 0.6 is 31.9 Å². The molecule has 1 heterocycles. The minimum atomic E-state index is -1.10. The number of aliphatic hydroxyl groups is 1. The van der Waals surface area contributed by atoms with Gasteiger partial charge in [-0.3, -0.25) is 10.1 Å². The van der Waals surface area contributed by atoms with Crippen LogP contribution in [-0.2, 0) is 0 Å². The Bertz CT molecular complexity index is 390. The summed E-state index contributed by atoms with van der Waals surface area (Å²) in [4.78, 5) is 9.95. The fourth-order valence-electron chi connectivity index (χ4n) is 0.805. The van der Waals surface area contributed by atoms with E-state index < -0.39 is 11.2 Å². The molecule has 0 saturated carbocycles. The Kier molecular flexibility index (Phi) is 3.40. The van der Waals surface area contributed by atoms with Gasteiger partial charge in [0.25, 0.3) is 0 Å². The molecule has 0 aromatic carbocycles. The first-order valence-electron chi connectivity index (χ1n) is 3.37. The Morgan fingerprint density at radius 3 is 2.64 bits per heavy atom. The number of hydrogen-bond donors (Lipinski definition) is 1. The number of aliphatic hydroxyl groups excluding tert-OH is 1. The maximum absolute atomic E-state index is 10.6. The average molecular weight is 327 g/mol. The van der Waals surface area contributed by atoms with Crippen molar-refractivity contribution in [1.82, 2.24) is 9.78 Å². The fourth-order valence-corrected chi connectivity index (χ4v) is 2.20. The summed E-state index contributed by atoms with van der Waals surface area (Å²) in [5.74, 6) is 0. The summed E-state index contributed by atoms with van der Waals surface area (Å²) in [6, 6.07) is 0. The molecule has 1 rings (SSSR count). The highest BCUT2D eigenvalue weighted by atomic mass is 79.9. The van der Waals surface area contributed by atoms with Gasteiger partial charge >= 0.3 is 5.69 Å². The van der Waals surface area contributed by atoms with E-state index in [0.717, 1.165) is 4.68 Å². The molecule has 8 heteroatoms. The van der Waals surface area contributed by atoms with E-state index in [1.54, 1.807) is 0 Å². The Hall–Kier alpha value is -0.730. The van der Waals surface area contributed by atoms with Gasteiger partial charge in [0, 0.05) is 0 Å². The molecule has 0 bridgehead atoms. The molecule has 1 aromatic rings. The van der Waals surface area contributed by atoms with E-state index in [9.17, 15) is 15.2 Å². The zero-order chi connectivity index (χ0) is 10.9. The lowest BCUT2D eigenvalue weighted by atomic mass is 10.5. The van der Waals surface area contributed by atoms with Crippen molar-refractivity contribution in [3.8, 4) is 0 Å². The summed E-state index contributed by atoms with van der Waals surface area (Å²) in [5.41, 5.74) is -0.231. The molecule has 0 aliphatic carbocycles. The van der Waals surface area contributed by atoms with Gasteiger partial charge in [0.1, 0.15) is 0 Å². The normalized spacial score (nSPS) is 12.5. The molecule has 0 fully saturated rings. The van der Waals surface area contributed by atoms with E-state index in [1.165, 1.54) is 6.08 Å². The molecule has 0 amide bonds. The first kappa shape index (κ1) is 11.3. The predicted molar refractivity (Wildman–Crippen MR) is 55.7 cm³/mol. The van der Waals surface area contributed by atoms with E-state index in [2.05, 4.69) is 43.5 Å². The van der Waals surface area contributed by atoms with Crippen molar-refractivity contribution in [2.75, 3.05) is 0 Å². The number of rotatable bonds is 3. The van der Waals surface area contributed by atoms with Crippen LogP contribution in [-0.4, -0.2) is 19.8 Å². The van der Waals surface area contributed by atoms with Crippen molar-refractivity contribution < 1.29 is 10.0 Å². The Morgan fingerprint density at radius 2 is 2.29 bits per heavy atom. The molecule has 0 radical (unpaired) electrons. The smallest absolute Gasteiger partial charge is 0.335 e. The number of nitro groups is 1. The summed E-state index contributed by atoms with van der Waals surface area (Å²) < 4.78 is 1.17. The molecule has 1 N–H and O–H groups in total. The fraction of sp³-hybridized carbons (Fsp3) is 0.167. The molecule has 1 atom stereocenters. The highest BCUT2D eigenvalue weighted by Gasteiger charge is 2.26. The van der Waals surface area contributed by atoms with E-state index in [4.69, 9.17) is 0 Å². The molecule has 1 unspecified atom stereocenters. The van der Waals surface area contributed by atoms with Crippen molar-refractivity contribution in [2.24, 2.45) is 0 Å². The topological polar surface area (TPSA) is 81.2 Å². The zero-order valence-corrected chi connectivity index (χ0v) is 9.90. The van der Waals surface area contributed by atoms with E-state index in [-0.39, 0.29) is 14.9 Å². The highest BCUT2D eigenvalue weighted by Crippen LogP contribution is 2.33. The quantitative estimate of drug-likeness (QED) is 0.523. The van der Waals surface area contributed by atoms with Crippen LogP contribution in [0.2, 0.25) is 0 Å². The van der Waals surface area contributed by atoms with Gasteiger partial charge in [-0.25, -0.2) is 4.68 Å². The third-order valence-corrected chi connectivity index (χ3v) is 2.70. The third-order valence-electron chi connectivity index (χ3n) is 1.43. The SMILES string of the molecule is C=CC(O)n1nc(Br)c([N+](=O)[O-])c1Br. The Labute approximate surface area is 95.6 Å². The highest BCUT2D eigenvalue weighted by molar-refractivity contribution is 9.11. The summed E-state index contributed by atoms with van der Waals surface area (Å²) in [6.45, 7) is 3.35. The van der Waals surface area contributed by atoms with Gasteiger partial charge in [-0.05, 0) is 37.9 Å². The monoisotopic (exact) mass is 325 g/mol. The van der Waals surface area contributed by atoms with Gasteiger partial charge in [0.2, 0.25) is 4.60 Å². The summed E-state index contributed by atoms with van der Waals surface area (Å²) in [7, 11) is 0. The van der Waals surface area contributed by atoms with Gasteiger partial charge in [0.05, 0.1) is 4.92 Å². The van der Waals surface area contributed by atoms with Crippen LogP contribution in [0.3, 0.4) is 0 Å². The number of nitrogens with zero attached hydrogens (tertiary/aromatic N) is 3. The molecule has 0 spiro atoms. The van der Waals surface area contributed by atoms with Crippen molar-refractivity contribution in [1.29, 1.82) is 0 Å². The Morgan fingerprint density at radius 1 is 1.71 bits per heavy atom. The lowest BCUT2D eigenvalue weighted by Gasteiger charge is -2.04. The third kappa shape index (κ3) is 1.86. The second kappa shape index (κ2) is 4.20. The lowest BCUT2D eigenvalue weighted by Crippen LogP contribution is -2.07. The predicted octanol–water partition coefficient (Wildman–Crippen LogP) is 1.99. The molecule has 1 aromatic heterocycles. The van der Waals surface area contributed by atoms with Crippen LogP contribution in [0.4, 0.5) is 5.69 Å². The molecule has 0 aliphatic rings. The minimum Gasteiger partial charge on any atom is -0.368 e. The zero-order valence-electron chi connectivity index (χ0n) is 6.72. The van der Waals surface area contributed by atoms with Crippen molar-refractivity contribution in [3.05, 3.63) is 32.0 Å². The van der Waals surface area contributed by atoms with Crippen LogP contribution in [0.15, 0.2) is 21.9 Å². The summed E-state index contributed by atoms with van der Waals surface area (Å²) >= 11 is 5.88. The van der Waals surface area contributed by atoms with Gasteiger partial charge in [0.15, 0.2) is 10.8 Å². The van der Waals surface area contributed by atoms with E-state index in [1.807, 2.05) is 0 Å². The van der Waals surface area contributed by atoms with Crippen LogP contribution in [0, 0.1) is 10.1 Å². The van der Waals surface area contributed by atoms with Crippen molar-refractivity contribution >= 4 is 37.5 Å². The molecular weight excluding hydrogens is 322 g/mol. The van der Waals surface area contributed by atoms with Crippen LogP contribution in [0.25, 0.3) is 0 Å². The van der Waals surface area contributed by atoms with Gasteiger partial charge in [-0.15, -0.1) is 0 Å². The molecule has 76 valence electrons. The number of halogens is 2. The molecule has 0 aliphatic heterocycles.